The zero-order chi connectivity index (χ0) is 20.7. The van der Waals surface area contributed by atoms with Crippen molar-refractivity contribution in [3.63, 3.8) is 0 Å². The average Bonchev–Trinajstić information content (AvgIpc) is 2.72. The molecule has 0 saturated carbocycles. The Morgan fingerprint density at radius 1 is 0.500 bits per heavy atom. The Kier molecular flexibility index (Phi) is 23.8. The van der Waals surface area contributed by atoms with E-state index < -0.39 is 0 Å². The molecule has 0 aliphatic carbocycles. The minimum atomic E-state index is 0.0201. The first-order chi connectivity index (χ1) is 13.8. The minimum Gasteiger partial charge on any atom is -0.353 e. The van der Waals surface area contributed by atoms with E-state index in [0.29, 0.717) is 0 Å². The van der Waals surface area contributed by atoms with Crippen molar-refractivity contribution >= 4 is 19.0 Å². The molecule has 0 aliphatic rings. The predicted octanol–water partition coefficient (Wildman–Crippen LogP) is 5.99. The Morgan fingerprint density at radius 2 is 0.821 bits per heavy atom. The lowest BCUT2D eigenvalue weighted by atomic mass is 10.4. The quantitative estimate of drug-likeness (QED) is 0.113. The van der Waals surface area contributed by atoms with Crippen LogP contribution in [0.4, 0.5) is 0 Å². The maximum Gasteiger partial charge on any atom is 0.157 e. The third-order valence-electron chi connectivity index (χ3n) is 4.10. The van der Waals surface area contributed by atoms with Crippen LogP contribution in [0.3, 0.4) is 0 Å². The first kappa shape index (κ1) is 28.3. The van der Waals surface area contributed by atoms with Crippen molar-refractivity contribution in [1.82, 2.24) is 0 Å². The van der Waals surface area contributed by atoms with Crippen LogP contribution in [-0.2, 0) is 18.9 Å². The van der Waals surface area contributed by atoms with Crippen LogP contribution in [0, 0.1) is 0 Å². The minimum absolute atomic E-state index is 0.0201. The molecule has 4 radical (unpaired) electrons. The van der Waals surface area contributed by atoms with Gasteiger partial charge < -0.3 is 18.9 Å². The van der Waals surface area contributed by atoms with Gasteiger partial charge in [0.1, 0.15) is 0 Å². The molecule has 0 fully saturated rings. The fraction of sp³-hybridized carbons (Fsp3) is 1.00. The molecule has 0 aliphatic heterocycles. The van der Waals surface area contributed by atoms with Crippen molar-refractivity contribution in [1.29, 1.82) is 0 Å². The van der Waals surface area contributed by atoms with E-state index in [1.807, 2.05) is 0 Å². The summed E-state index contributed by atoms with van der Waals surface area (Å²) in [6, 6.07) is 5.21. The standard InChI is InChI=1S/C22H46O4Si2/c1-5-13-23-21(24-14-6-2)11-19-27-17-9-10-18-28-20-12-22(25-15-7-3)26-16-8-4/h21-22H,5-20H2,1-4H3. The van der Waals surface area contributed by atoms with Gasteiger partial charge in [0, 0.05) is 45.5 Å². The van der Waals surface area contributed by atoms with Crippen molar-refractivity contribution in [2.45, 2.75) is 116 Å². The van der Waals surface area contributed by atoms with Crippen LogP contribution in [-0.4, -0.2) is 58.0 Å². The molecule has 4 nitrogen and oxygen atoms in total. The summed E-state index contributed by atoms with van der Waals surface area (Å²) in [5.74, 6) is 0. The van der Waals surface area contributed by atoms with Gasteiger partial charge in [-0.3, -0.25) is 0 Å². The Labute approximate surface area is 180 Å². The van der Waals surface area contributed by atoms with Crippen molar-refractivity contribution in [3.05, 3.63) is 0 Å². The van der Waals surface area contributed by atoms with Gasteiger partial charge in [-0.1, -0.05) is 64.7 Å². The largest absolute Gasteiger partial charge is 0.353 e. The van der Waals surface area contributed by atoms with Crippen LogP contribution in [0.25, 0.3) is 0 Å². The molecule has 0 heterocycles. The topological polar surface area (TPSA) is 36.9 Å². The van der Waals surface area contributed by atoms with Crippen LogP contribution >= 0.6 is 0 Å². The van der Waals surface area contributed by atoms with E-state index in [1.54, 1.807) is 0 Å². The van der Waals surface area contributed by atoms with E-state index in [1.165, 1.54) is 37.0 Å². The third-order valence-corrected chi connectivity index (χ3v) is 6.80. The smallest absolute Gasteiger partial charge is 0.157 e. The van der Waals surface area contributed by atoms with Gasteiger partial charge in [-0.15, -0.1) is 0 Å². The molecular formula is C22H46O4Si2. The highest BCUT2D eigenvalue weighted by Gasteiger charge is 2.09. The Morgan fingerprint density at radius 3 is 1.11 bits per heavy atom. The lowest BCUT2D eigenvalue weighted by Crippen LogP contribution is -2.19. The zero-order valence-corrected chi connectivity index (χ0v) is 21.1. The second-order valence-electron chi connectivity index (χ2n) is 7.13. The molecule has 28 heavy (non-hydrogen) atoms. The third kappa shape index (κ3) is 19.6. The SMILES string of the molecule is CCCOC(CC[Si]CCCC[Si]CCC(OCCC)OCCC)OCCC. The summed E-state index contributed by atoms with van der Waals surface area (Å²) in [7, 11) is 2.09. The molecule has 6 heteroatoms. The Bertz CT molecular complexity index is 252. The molecule has 0 amide bonds. The molecule has 166 valence electrons. The van der Waals surface area contributed by atoms with E-state index in [4.69, 9.17) is 18.9 Å². The average molecular weight is 431 g/mol. The van der Waals surface area contributed by atoms with Gasteiger partial charge in [-0.2, -0.15) is 0 Å². The summed E-state index contributed by atoms with van der Waals surface area (Å²) in [5, 5.41) is 0. The summed E-state index contributed by atoms with van der Waals surface area (Å²) in [5.41, 5.74) is 0. The van der Waals surface area contributed by atoms with Crippen LogP contribution in [0.2, 0.25) is 24.2 Å². The van der Waals surface area contributed by atoms with Crippen molar-refractivity contribution < 1.29 is 18.9 Å². The maximum atomic E-state index is 5.80. The molecule has 0 rings (SSSR count). The van der Waals surface area contributed by atoms with E-state index >= 15 is 0 Å². The zero-order valence-electron chi connectivity index (χ0n) is 19.1. The summed E-state index contributed by atoms with van der Waals surface area (Å²) < 4.78 is 23.2. The van der Waals surface area contributed by atoms with E-state index in [-0.39, 0.29) is 12.6 Å². The summed E-state index contributed by atoms with van der Waals surface area (Å²) in [4.78, 5) is 0. The van der Waals surface area contributed by atoms with Crippen molar-refractivity contribution in [3.8, 4) is 0 Å². The number of ether oxygens (including phenoxy) is 4. The summed E-state index contributed by atoms with van der Waals surface area (Å²) in [6.07, 6.45) is 9.12. The van der Waals surface area contributed by atoms with Crippen molar-refractivity contribution in [2.24, 2.45) is 0 Å². The van der Waals surface area contributed by atoms with Gasteiger partial charge in [-0.05, 0) is 38.5 Å². The van der Waals surface area contributed by atoms with Crippen LogP contribution in [0.1, 0.15) is 79.1 Å². The normalized spacial score (nSPS) is 11.8. The van der Waals surface area contributed by atoms with Crippen LogP contribution in [0.5, 0.6) is 0 Å². The molecular weight excluding hydrogens is 384 g/mol. The van der Waals surface area contributed by atoms with Crippen molar-refractivity contribution in [2.75, 3.05) is 26.4 Å². The maximum absolute atomic E-state index is 5.80. The summed E-state index contributed by atoms with van der Waals surface area (Å²) in [6.45, 7) is 11.8. The van der Waals surface area contributed by atoms with Gasteiger partial charge in [-0.25, -0.2) is 0 Å². The predicted molar refractivity (Wildman–Crippen MR) is 122 cm³/mol. The Hall–Kier alpha value is 0.274. The molecule has 0 N–H and O–H groups in total. The molecule has 0 atom stereocenters. The molecule has 0 aromatic rings. The Balaban J connectivity index is 3.55. The van der Waals surface area contributed by atoms with Gasteiger partial charge in [0.15, 0.2) is 12.6 Å². The highest BCUT2D eigenvalue weighted by atomic mass is 28.2. The molecule has 0 aromatic carbocycles. The van der Waals surface area contributed by atoms with E-state index in [0.717, 1.165) is 84.0 Å². The highest BCUT2D eigenvalue weighted by Crippen LogP contribution is 2.11. The molecule has 0 bridgehead atoms. The summed E-state index contributed by atoms with van der Waals surface area (Å²) >= 11 is 0. The number of hydrogen-bond donors (Lipinski definition) is 0. The van der Waals surface area contributed by atoms with Crippen LogP contribution in [0.15, 0.2) is 0 Å². The lowest BCUT2D eigenvalue weighted by molar-refractivity contribution is -0.143. The number of hydrogen-bond acceptors (Lipinski definition) is 4. The van der Waals surface area contributed by atoms with Gasteiger partial charge in [0.05, 0.1) is 0 Å². The highest BCUT2D eigenvalue weighted by molar-refractivity contribution is 6.36. The fourth-order valence-electron chi connectivity index (χ4n) is 2.62. The molecule has 0 saturated heterocycles. The van der Waals surface area contributed by atoms with Gasteiger partial charge in [0.25, 0.3) is 0 Å². The monoisotopic (exact) mass is 430 g/mol. The second-order valence-corrected chi connectivity index (χ2v) is 10.1. The first-order valence-corrected chi connectivity index (χ1v) is 14.5. The van der Waals surface area contributed by atoms with E-state index in [9.17, 15) is 0 Å². The van der Waals surface area contributed by atoms with Crippen LogP contribution < -0.4 is 0 Å². The molecule has 0 unspecified atom stereocenters. The first-order valence-electron chi connectivity index (χ1n) is 11.7. The lowest BCUT2D eigenvalue weighted by Gasteiger charge is -2.18. The number of unbranched alkanes of at least 4 members (excludes halogenated alkanes) is 1. The molecule has 0 aromatic heterocycles. The fourth-order valence-corrected chi connectivity index (χ4v) is 5.00. The van der Waals surface area contributed by atoms with Gasteiger partial charge >= 0.3 is 0 Å². The molecule has 0 spiro atoms. The van der Waals surface area contributed by atoms with E-state index in [2.05, 4.69) is 27.7 Å². The second kappa shape index (κ2) is 23.6. The number of rotatable bonds is 23. The van der Waals surface area contributed by atoms with Gasteiger partial charge in [0.2, 0.25) is 0 Å².